The third-order valence-electron chi connectivity index (χ3n) is 2.08. The molecule has 0 radical (unpaired) electrons. The molecule has 0 aliphatic rings. The number of ether oxygens (including phenoxy) is 1. The lowest BCUT2D eigenvalue weighted by Gasteiger charge is -2.14. The Labute approximate surface area is 99.8 Å². The topological polar surface area (TPSA) is 102 Å². The van der Waals surface area contributed by atoms with Gasteiger partial charge in [-0.25, -0.2) is 9.97 Å². The number of nitrogens with zero attached hydrogens (tertiary/aromatic N) is 2. The molecule has 0 aliphatic carbocycles. The van der Waals surface area contributed by atoms with Gasteiger partial charge in [-0.15, -0.1) is 0 Å². The second-order valence-corrected chi connectivity index (χ2v) is 3.44. The second kappa shape index (κ2) is 6.64. The van der Waals surface area contributed by atoms with Crippen LogP contribution in [0.1, 0.15) is 6.92 Å². The lowest BCUT2D eigenvalue weighted by atomic mass is 10.3. The normalized spacial score (nSPS) is 11.9. The maximum Gasteiger partial charge on any atom is 0.242 e. The Hall–Kier alpha value is -1.89. The standard InChI is InChI=1S/C10H17N5O2/c1-7(10(16)14-5-6-17-2)15-9-8(11)12-3-4-13-9/h3-4,7H,5-6H2,1-2H3,(H2,11,12)(H,13,15)(H,14,16). The highest BCUT2D eigenvalue weighted by Crippen LogP contribution is 2.10. The average molecular weight is 239 g/mol. The van der Waals surface area contributed by atoms with Gasteiger partial charge >= 0.3 is 0 Å². The summed E-state index contributed by atoms with van der Waals surface area (Å²) in [6.45, 7) is 2.67. The maximum absolute atomic E-state index is 11.6. The van der Waals surface area contributed by atoms with Crippen LogP contribution >= 0.6 is 0 Å². The first-order valence-corrected chi connectivity index (χ1v) is 5.24. The molecule has 0 aliphatic heterocycles. The van der Waals surface area contributed by atoms with Crippen LogP contribution in [0.15, 0.2) is 12.4 Å². The summed E-state index contributed by atoms with van der Waals surface area (Å²) in [5, 5.41) is 5.59. The van der Waals surface area contributed by atoms with Crippen molar-refractivity contribution in [2.75, 3.05) is 31.3 Å². The van der Waals surface area contributed by atoms with Gasteiger partial charge in [0.25, 0.3) is 0 Å². The minimum Gasteiger partial charge on any atom is -0.383 e. The third kappa shape index (κ3) is 4.23. The summed E-state index contributed by atoms with van der Waals surface area (Å²) >= 11 is 0. The van der Waals surface area contributed by atoms with Crippen molar-refractivity contribution < 1.29 is 9.53 Å². The van der Waals surface area contributed by atoms with Crippen molar-refractivity contribution in [2.24, 2.45) is 0 Å². The van der Waals surface area contributed by atoms with E-state index in [0.717, 1.165) is 0 Å². The second-order valence-electron chi connectivity index (χ2n) is 3.44. The summed E-state index contributed by atoms with van der Waals surface area (Å²) in [6.07, 6.45) is 3.00. The van der Waals surface area contributed by atoms with Gasteiger partial charge in [-0.3, -0.25) is 4.79 Å². The van der Waals surface area contributed by atoms with E-state index in [0.29, 0.717) is 19.0 Å². The molecule has 0 saturated heterocycles. The van der Waals surface area contributed by atoms with Crippen molar-refractivity contribution in [3.63, 3.8) is 0 Å². The molecule has 94 valence electrons. The number of rotatable bonds is 6. The van der Waals surface area contributed by atoms with Crippen molar-refractivity contribution in [1.29, 1.82) is 0 Å². The number of methoxy groups -OCH3 is 1. The number of hydrogen-bond acceptors (Lipinski definition) is 6. The molecular formula is C10H17N5O2. The number of nitrogens with one attached hydrogen (secondary N) is 2. The Balaban J connectivity index is 2.46. The molecule has 0 spiro atoms. The van der Waals surface area contributed by atoms with Crippen LogP contribution in [0.5, 0.6) is 0 Å². The molecule has 1 aromatic heterocycles. The van der Waals surface area contributed by atoms with Gasteiger partial charge in [-0.05, 0) is 6.92 Å². The van der Waals surface area contributed by atoms with Gasteiger partial charge in [-0.2, -0.15) is 0 Å². The Bertz CT molecular complexity index is 371. The molecule has 0 aromatic carbocycles. The molecule has 1 amide bonds. The van der Waals surface area contributed by atoms with E-state index in [1.165, 1.54) is 12.4 Å². The van der Waals surface area contributed by atoms with Crippen LogP contribution in [-0.4, -0.2) is 42.2 Å². The van der Waals surface area contributed by atoms with E-state index in [4.69, 9.17) is 10.5 Å². The van der Waals surface area contributed by atoms with Crippen molar-refractivity contribution in [3.05, 3.63) is 12.4 Å². The van der Waals surface area contributed by atoms with Crippen molar-refractivity contribution in [2.45, 2.75) is 13.0 Å². The molecule has 0 saturated carbocycles. The van der Waals surface area contributed by atoms with Crippen LogP contribution in [-0.2, 0) is 9.53 Å². The van der Waals surface area contributed by atoms with Gasteiger partial charge in [0.2, 0.25) is 5.91 Å². The first kappa shape index (κ1) is 13.2. The molecule has 4 N–H and O–H groups in total. The number of nitrogens with two attached hydrogens (primary N) is 1. The lowest BCUT2D eigenvalue weighted by molar-refractivity contribution is -0.121. The minimum absolute atomic E-state index is 0.146. The number of carbonyl (C=O) groups is 1. The van der Waals surface area contributed by atoms with Gasteiger partial charge in [0.1, 0.15) is 6.04 Å². The molecule has 1 heterocycles. The highest BCUT2D eigenvalue weighted by atomic mass is 16.5. The monoisotopic (exact) mass is 239 g/mol. The zero-order chi connectivity index (χ0) is 12.7. The van der Waals surface area contributed by atoms with Gasteiger partial charge in [0.05, 0.1) is 6.61 Å². The SMILES string of the molecule is COCCNC(=O)C(C)Nc1nccnc1N. The highest BCUT2D eigenvalue weighted by molar-refractivity contribution is 5.84. The molecule has 1 unspecified atom stereocenters. The number of carbonyl (C=O) groups excluding carboxylic acids is 1. The van der Waals surface area contributed by atoms with Crippen LogP contribution in [0.25, 0.3) is 0 Å². The quantitative estimate of drug-likeness (QED) is 0.585. The first-order chi connectivity index (χ1) is 8.15. The smallest absolute Gasteiger partial charge is 0.242 e. The van der Waals surface area contributed by atoms with Crippen LogP contribution in [0.3, 0.4) is 0 Å². The summed E-state index contributed by atoms with van der Waals surface area (Å²) in [6, 6.07) is -0.439. The lowest BCUT2D eigenvalue weighted by Crippen LogP contribution is -2.39. The molecule has 1 rings (SSSR count). The predicted octanol–water partition coefficient (Wildman–Crippen LogP) is -0.378. The molecule has 7 nitrogen and oxygen atoms in total. The molecular weight excluding hydrogens is 222 g/mol. The zero-order valence-corrected chi connectivity index (χ0v) is 9.93. The number of hydrogen-bond donors (Lipinski definition) is 3. The van der Waals surface area contributed by atoms with E-state index in [1.807, 2.05) is 0 Å². The third-order valence-corrected chi connectivity index (χ3v) is 2.08. The van der Waals surface area contributed by atoms with E-state index in [2.05, 4.69) is 20.6 Å². The fourth-order valence-corrected chi connectivity index (χ4v) is 1.16. The van der Waals surface area contributed by atoms with Gasteiger partial charge in [0, 0.05) is 26.0 Å². The Kier molecular flexibility index (Phi) is 5.15. The fourth-order valence-electron chi connectivity index (χ4n) is 1.16. The number of aromatic nitrogens is 2. The van der Waals surface area contributed by atoms with E-state index >= 15 is 0 Å². The Morgan fingerprint density at radius 2 is 2.24 bits per heavy atom. The molecule has 0 fully saturated rings. The van der Waals surface area contributed by atoms with Gasteiger partial charge < -0.3 is 21.1 Å². The van der Waals surface area contributed by atoms with E-state index < -0.39 is 6.04 Å². The van der Waals surface area contributed by atoms with Crippen LogP contribution < -0.4 is 16.4 Å². The first-order valence-electron chi connectivity index (χ1n) is 5.24. The van der Waals surface area contributed by atoms with Crippen LogP contribution in [0, 0.1) is 0 Å². The van der Waals surface area contributed by atoms with E-state index in [1.54, 1.807) is 14.0 Å². The largest absolute Gasteiger partial charge is 0.383 e. The molecule has 17 heavy (non-hydrogen) atoms. The van der Waals surface area contributed by atoms with Crippen molar-refractivity contribution in [1.82, 2.24) is 15.3 Å². The van der Waals surface area contributed by atoms with Crippen molar-refractivity contribution >= 4 is 17.5 Å². The van der Waals surface area contributed by atoms with Crippen LogP contribution in [0.2, 0.25) is 0 Å². The molecule has 1 atom stereocenters. The fraction of sp³-hybridized carbons (Fsp3) is 0.500. The molecule has 7 heteroatoms. The number of nitrogen functional groups attached to an aromatic ring is 1. The number of amides is 1. The van der Waals surface area contributed by atoms with Crippen molar-refractivity contribution in [3.8, 4) is 0 Å². The maximum atomic E-state index is 11.6. The van der Waals surface area contributed by atoms with E-state index in [9.17, 15) is 4.79 Å². The summed E-state index contributed by atoms with van der Waals surface area (Å²) in [4.78, 5) is 19.5. The summed E-state index contributed by atoms with van der Waals surface area (Å²) in [5.41, 5.74) is 5.60. The average Bonchev–Trinajstić information content (AvgIpc) is 2.32. The summed E-state index contributed by atoms with van der Waals surface area (Å²) < 4.78 is 4.83. The Morgan fingerprint density at radius 1 is 1.53 bits per heavy atom. The van der Waals surface area contributed by atoms with Gasteiger partial charge in [0.15, 0.2) is 11.6 Å². The summed E-state index contributed by atoms with van der Waals surface area (Å²) in [5.74, 6) is 0.526. The molecule has 0 bridgehead atoms. The minimum atomic E-state index is -0.439. The highest BCUT2D eigenvalue weighted by Gasteiger charge is 2.13. The summed E-state index contributed by atoms with van der Waals surface area (Å²) in [7, 11) is 1.58. The van der Waals surface area contributed by atoms with Crippen LogP contribution in [0.4, 0.5) is 11.6 Å². The molecule has 1 aromatic rings. The van der Waals surface area contributed by atoms with E-state index in [-0.39, 0.29) is 11.7 Å². The zero-order valence-electron chi connectivity index (χ0n) is 9.93. The number of anilines is 2. The van der Waals surface area contributed by atoms with Gasteiger partial charge in [-0.1, -0.05) is 0 Å². The predicted molar refractivity (Wildman–Crippen MR) is 64.4 cm³/mol. The Morgan fingerprint density at radius 3 is 2.88 bits per heavy atom.